The zero-order chi connectivity index (χ0) is 18.0. The third-order valence-corrected chi connectivity index (χ3v) is 4.60. The van der Waals surface area contributed by atoms with Gasteiger partial charge in [-0.2, -0.15) is 13.2 Å². The summed E-state index contributed by atoms with van der Waals surface area (Å²) in [5.74, 6) is -1.27. The maximum Gasteiger partial charge on any atom is 0.419 e. The van der Waals surface area contributed by atoms with Crippen LogP contribution in [0.1, 0.15) is 22.3 Å². The van der Waals surface area contributed by atoms with Crippen LogP contribution in [0.2, 0.25) is 5.02 Å². The summed E-state index contributed by atoms with van der Waals surface area (Å²) < 4.78 is 51.9. The van der Waals surface area contributed by atoms with Gasteiger partial charge in [-0.3, -0.25) is 0 Å². The quantitative estimate of drug-likeness (QED) is 0.756. The Morgan fingerprint density at radius 2 is 1.84 bits per heavy atom. The Balaban J connectivity index is 1.85. The van der Waals surface area contributed by atoms with E-state index in [2.05, 4.69) is 10.6 Å². The molecule has 0 aromatic heterocycles. The first kappa shape index (κ1) is 18.0. The van der Waals surface area contributed by atoms with Gasteiger partial charge >= 0.3 is 6.18 Å². The molecule has 25 heavy (non-hydrogen) atoms. The van der Waals surface area contributed by atoms with Crippen molar-refractivity contribution in [1.82, 2.24) is 5.32 Å². The molecular weight excluding hydrogens is 356 g/mol. The molecule has 2 N–H and O–H groups in total. The Labute approximate surface area is 148 Å². The van der Waals surface area contributed by atoms with Crippen LogP contribution in [0.4, 0.5) is 23.2 Å². The summed E-state index contributed by atoms with van der Waals surface area (Å²) in [7, 11) is 0. The zero-order valence-electron chi connectivity index (χ0n) is 13.3. The highest BCUT2D eigenvalue weighted by Crippen LogP contribution is 2.33. The predicted octanol–water partition coefficient (Wildman–Crippen LogP) is 4.80. The molecule has 0 spiro atoms. The molecule has 7 heteroatoms. The number of fused-ring (bicyclic) bond motifs is 1. The summed E-state index contributed by atoms with van der Waals surface area (Å²) in [6.45, 7) is 1.82. The molecule has 2 nitrogen and oxygen atoms in total. The molecule has 0 unspecified atom stereocenters. The van der Waals surface area contributed by atoms with Crippen LogP contribution >= 0.6 is 11.6 Å². The second-order valence-electron chi connectivity index (χ2n) is 5.98. The van der Waals surface area contributed by atoms with E-state index in [4.69, 9.17) is 11.6 Å². The Bertz CT molecular complexity index is 774. The van der Waals surface area contributed by atoms with E-state index in [0.717, 1.165) is 49.3 Å². The lowest BCUT2D eigenvalue weighted by Gasteiger charge is -2.17. The normalized spacial score (nSPS) is 14.8. The van der Waals surface area contributed by atoms with Gasteiger partial charge in [0.2, 0.25) is 0 Å². The fourth-order valence-electron chi connectivity index (χ4n) is 3.02. The molecule has 0 saturated carbocycles. The Morgan fingerprint density at radius 1 is 1.08 bits per heavy atom. The van der Waals surface area contributed by atoms with Gasteiger partial charge in [-0.05, 0) is 60.8 Å². The second kappa shape index (κ2) is 7.22. The number of benzene rings is 2. The third kappa shape index (κ3) is 4.07. The molecule has 0 saturated heterocycles. The number of hydrogen-bond donors (Lipinski definition) is 2. The fourth-order valence-corrected chi connectivity index (χ4v) is 3.27. The first-order valence-corrected chi connectivity index (χ1v) is 8.34. The zero-order valence-corrected chi connectivity index (χ0v) is 14.1. The lowest BCUT2D eigenvalue weighted by Crippen LogP contribution is -2.16. The molecule has 1 heterocycles. The number of anilines is 1. The van der Waals surface area contributed by atoms with Crippen LogP contribution in [0.3, 0.4) is 0 Å². The van der Waals surface area contributed by atoms with E-state index >= 15 is 0 Å². The van der Waals surface area contributed by atoms with Crippen LogP contribution in [0.25, 0.3) is 0 Å². The molecule has 0 aliphatic carbocycles. The first-order valence-electron chi connectivity index (χ1n) is 7.96. The van der Waals surface area contributed by atoms with Crippen LogP contribution in [0.5, 0.6) is 0 Å². The molecule has 2 aromatic rings. The highest BCUT2D eigenvalue weighted by Gasteiger charge is 2.34. The summed E-state index contributed by atoms with van der Waals surface area (Å²) >= 11 is 6.29. The topological polar surface area (TPSA) is 24.1 Å². The minimum Gasteiger partial charge on any atom is -0.380 e. The first-order chi connectivity index (χ1) is 11.9. The molecule has 134 valence electrons. The Hall–Kier alpha value is -1.79. The smallest absolute Gasteiger partial charge is 0.380 e. The fraction of sp³-hybridized carbons (Fsp3) is 0.333. The van der Waals surface area contributed by atoms with Crippen LogP contribution < -0.4 is 10.6 Å². The average molecular weight is 373 g/mol. The van der Waals surface area contributed by atoms with E-state index in [0.29, 0.717) is 10.6 Å². The van der Waals surface area contributed by atoms with Gasteiger partial charge in [-0.25, -0.2) is 4.39 Å². The number of alkyl halides is 3. The van der Waals surface area contributed by atoms with Gasteiger partial charge in [0.15, 0.2) is 0 Å². The summed E-state index contributed by atoms with van der Waals surface area (Å²) in [6.07, 6.45) is -3.06. The Morgan fingerprint density at radius 3 is 2.60 bits per heavy atom. The van der Waals surface area contributed by atoms with Crippen LogP contribution in [-0.2, 0) is 25.6 Å². The highest BCUT2D eigenvalue weighted by atomic mass is 35.5. The van der Waals surface area contributed by atoms with Gasteiger partial charge in [-0.1, -0.05) is 23.7 Å². The molecule has 1 aliphatic rings. The molecule has 3 rings (SSSR count). The number of hydrogen-bond acceptors (Lipinski definition) is 2. The van der Waals surface area contributed by atoms with Crippen molar-refractivity contribution in [2.75, 3.05) is 18.4 Å². The second-order valence-corrected chi connectivity index (χ2v) is 6.38. The number of rotatable bonds is 3. The van der Waals surface area contributed by atoms with Crippen LogP contribution in [-0.4, -0.2) is 13.1 Å². The van der Waals surface area contributed by atoms with E-state index in [9.17, 15) is 17.6 Å². The van der Waals surface area contributed by atoms with Crippen molar-refractivity contribution in [1.29, 1.82) is 0 Å². The van der Waals surface area contributed by atoms with E-state index in [1.54, 1.807) is 6.07 Å². The molecule has 0 bridgehead atoms. The lowest BCUT2D eigenvalue weighted by molar-refractivity contribution is -0.140. The molecule has 0 amide bonds. The summed E-state index contributed by atoms with van der Waals surface area (Å²) in [4.78, 5) is 0. The largest absolute Gasteiger partial charge is 0.419 e. The third-order valence-electron chi connectivity index (χ3n) is 4.29. The molecule has 0 fully saturated rings. The monoisotopic (exact) mass is 372 g/mol. The van der Waals surface area contributed by atoms with Crippen molar-refractivity contribution in [3.05, 3.63) is 63.4 Å². The molecule has 0 radical (unpaired) electrons. The molecular formula is C18H17ClF4N2. The molecule has 1 aliphatic heterocycles. The van der Waals surface area contributed by atoms with Gasteiger partial charge in [0, 0.05) is 6.54 Å². The van der Waals surface area contributed by atoms with Gasteiger partial charge in [0.1, 0.15) is 5.82 Å². The standard InChI is InChI=1S/C18H17ClF4N2/c19-15-3-2-12-5-7-24-8-6-13(12)17(15)25-10-11-1-4-16(20)14(9-11)18(21,22)23/h1-4,9,24-25H,5-8,10H2. The highest BCUT2D eigenvalue weighted by molar-refractivity contribution is 6.33. The minimum absolute atomic E-state index is 0.132. The maximum atomic E-state index is 13.4. The van der Waals surface area contributed by atoms with Crippen LogP contribution in [0.15, 0.2) is 30.3 Å². The molecule has 0 atom stereocenters. The summed E-state index contributed by atoms with van der Waals surface area (Å²) in [5.41, 5.74) is 2.08. The van der Waals surface area contributed by atoms with Gasteiger partial charge in [-0.15, -0.1) is 0 Å². The van der Waals surface area contributed by atoms with Crippen molar-refractivity contribution < 1.29 is 17.6 Å². The van der Waals surface area contributed by atoms with Gasteiger partial charge in [0.25, 0.3) is 0 Å². The van der Waals surface area contributed by atoms with E-state index in [1.165, 1.54) is 11.6 Å². The number of nitrogens with one attached hydrogen (secondary N) is 2. The van der Waals surface area contributed by atoms with E-state index in [1.807, 2.05) is 6.07 Å². The van der Waals surface area contributed by atoms with Crippen molar-refractivity contribution >= 4 is 17.3 Å². The number of halogens is 5. The molecule has 2 aromatic carbocycles. The summed E-state index contributed by atoms with van der Waals surface area (Å²) in [6, 6.07) is 6.79. The van der Waals surface area contributed by atoms with Crippen molar-refractivity contribution in [3.63, 3.8) is 0 Å². The maximum absolute atomic E-state index is 13.4. The van der Waals surface area contributed by atoms with Crippen LogP contribution in [0, 0.1) is 5.82 Å². The van der Waals surface area contributed by atoms with Gasteiger partial charge < -0.3 is 10.6 Å². The summed E-state index contributed by atoms with van der Waals surface area (Å²) in [5, 5.41) is 6.97. The predicted molar refractivity (Wildman–Crippen MR) is 90.5 cm³/mol. The van der Waals surface area contributed by atoms with Crippen molar-refractivity contribution in [3.8, 4) is 0 Å². The average Bonchev–Trinajstić information content (AvgIpc) is 2.79. The van der Waals surface area contributed by atoms with E-state index < -0.39 is 17.6 Å². The lowest BCUT2D eigenvalue weighted by atomic mass is 10.0. The van der Waals surface area contributed by atoms with Gasteiger partial charge in [0.05, 0.1) is 16.3 Å². The SMILES string of the molecule is Fc1ccc(CNc2c(Cl)ccc3c2CCNCC3)cc1C(F)(F)F. The Kier molecular flexibility index (Phi) is 5.20. The van der Waals surface area contributed by atoms with Crippen molar-refractivity contribution in [2.45, 2.75) is 25.6 Å². The minimum atomic E-state index is -4.72. The van der Waals surface area contributed by atoms with E-state index in [-0.39, 0.29) is 6.54 Å². The van der Waals surface area contributed by atoms with Crippen molar-refractivity contribution in [2.24, 2.45) is 0 Å².